The first kappa shape index (κ1) is 22.5. The third kappa shape index (κ3) is 3.87. The molecule has 1 aromatic carbocycles. The lowest BCUT2D eigenvalue weighted by Gasteiger charge is -2.52. The molecule has 5 aliphatic rings. The predicted molar refractivity (Wildman–Crippen MR) is 119 cm³/mol. The van der Waals surface area contributed by atoms with Crippen molar-refractivity contribution in [3.8, 4) is 0 Å². The highest BCUT2D eigenvalue weighted by atomic mass is 19.1. The van der Waals surface area contributed by atoms with Crippen molar-refractivity contribution in [2.45, 2.75) is 33.1 Å². The van der Waals surface area contributed by atoms with Crippen molar-refractivity contribution in [2.75, 3.05) is 44.2 Å². The summed E-state index contributed by atoms with van der Waals surface area (Å²) < 4.78 is 13.1. The number of hydrogen-bond donors (Lipinski definition) is 0. The van der Waals surface area contributed by atoms with Crippen LogP contribution in [0.2, 0.25) is 0 Å². The van der Waals surface area contributed by atoms with Gasteiger partial charge in [-0.25, -0.2) is 4.39 Å². The average molecular weight is 458 g/mol. The van der Waals surface area contributed by atoms with Gasteiger partial charge in [-0.05, 0) is 48.4 Å². The summed E-state index contributed by atoms with van der Waals surface area (Å²) in [5, 5.41) is 0.976. The second-order valence-electron chi connectivity index (χ2n) is 10.5. The van der Waals surface area contributed by atoms with Crippen LogP contribution in [-0.2, 0) is 19.2 Å². The molecule has 2 heterocycles. The summed E-state index contributed by atoms with van der Waals surface area (Å²) in [7, 11) is 0. The molecule has 5 atom stereocenters. The van der Waals surface area contributed by atoms with E-state index in [9.17, 15) is 18.8 Å². The minimum Gasteiger partial charge on any atom is -0.369 e. The highest BCUT2D eigenvalue weighted by molar-refractivity contribution is 6.08. The van der Waals surface area contributed by atoms with Gasteiger partial charge in [0.25, 0.3) is 11.8 Å². The van der Waals surface area contributed by atoms with Gasteiger partial charge >= 0.3 is 0 Å². The average Bonchev–Trinajstić information content (AvgIpc) is 3.03. The number of Topliss-reactive ketones (excluding diaryl/α,β-unsaturated/α-hetero) is 1. The molecular formula is C25H32FN3O4. The molecule has 2 amide bonds. The summed E-state index contributed by atoms with van der Waals surface area (Å²) in [6.07, 6.45) is 1.90. The summed E-state index contributed by atoms with van der Waals surface area (Å²) in [4.78, 5) is 49.0. The maximum absolute atomic E-state index is 13.1. The number of halogens is 1. The van der Waals surface area contributed by atoms with Crippen LogP contribution in [0.5, 0.6) is 0 Å². The zero-order chi connectivity index (χ0) is 23.3. The number of benzene rings is 1. The lowest BCUT2D eigenvalue weighted by atomic mass is 9.48. The standard InChI is InChI=1S/C25H32FN3O4/c1-16-14-25(2)15-19(30)20(16)21-22(25)24(32)29(23(21)31)33-13-3-8-27-9-11-28(12-10-27)18-6-4-17(26)5-7-18/h4-7,16,20-22H,3,8-15H2,1-2H3/t16?,20-,21?,22?,25+/m0/s1. The van der Waals surface area contributed by atoms with Crippen LogP contribution in [-0.4, -0.2) is 66.9 Å². The summed E-state index contributed by atoms with van der Waals surface area (Å²) in [5.74, 6) is -1.88. The Morgan fingerprint density at radius 2 is 1.73 bits per heavy atom. The van der Waals surface area contributed by atoms with E-state index in [4.69, 9.17) is 4.84 Å². The Balaban J connectivity index is 1.11. The van der Waals surface area contributed by atoms with Crippen LogP contribution in [0.25, 0.3) is 0 Å². The molecule has 1 aromatic rings. The van der Waals surface area contributed by atoms with Gasteiger partial charge in [-0.15, -0.1) is 0 Å². The number of nitrogens with zero attached hydrogens (tertiary/aromatic N) is 3. The molecule has 6 rings (SSSR count). The van der Waals surface area contributed by atoms with Gasteiger partial charge < -0.3 is 4.90 Å². The summed E-state index contributed by atoms with van der Waals surface area (Å²) in [5.41, 5.74) is 0.590. The zero-order valence-electron chi connectivity index (χ0n) is 19.3. The molecule has 0 aromatic heterocycles. The number of rotatable bonds is 6. The second-order valence-corrected chi connectivity index (χ2v) is 10.5. The fourth-order valence-corrected chi connectivity index (χ4v) is 6.77. The smallest absolute Gasteiger partial charge is 0.258 e. The minimum atomic E-state index is -0.549. The van der Waals surface area contributed by atoms with E-state index in [2.05, 4.69) is 9.80 Å². The van der Waals surface area contributed by atoms with Gasteiger partial charge in [0.15, 0.2) is 0 Å². The molecule has 5 fully saturated rings. The van der Waals surface area contributed by atoms with E-state index >= 15 is 0 Å². The second kappa shape index (κ2) is 8.47. The third-order valence-electron chi connectivity index (χ3n) is 8.20. The molecule has 178 valence electrons. The Hall–Kier alpha value is -2.32. The molecule has 8 heteroatoms. The number of ketones is 1. The number of piperazine rings is 1. The van der Waals surface area contributed by atoms with Crippen LogP contribution >= 0.6 is 0 Å². The fraction of sp³-hybridized carbons (Fsp3) is 0.640. The van der Waals surface area contributed by atoms with Crippen molar-refractivity contribution in [1.29, 1.82) is 0 Å². The van der Waals surface area contributed by atoms with Crippen LogP contribution in [0.3, 0.4) is 0 Å². The maximum Gasteiger partial charge on any atom is 0.258 e. The number of carbonyl (C=O) groups excluding carboxylic acids is 3. The van der Waals surface area contributed by atoms with Crippen LogP contribution in [0, 0.1) is 34.9 Å². The molecule has 3 saturated carbocycles. The number of hydrogen-bond acceptors (Lipinski definition) is 6. The first-order valence-corrected chi connectivity index (χ1v) is 12.0. The molecule has 3 unspecified atom stereocenters. The Kier molecular flexibility index (Phi) is 5.77. The van der Waals surface area contributed by atoms with Crippen molar-refractivity contribution in [2.24, 2.45) is 29.1 Å². The number of imide groups is 1. The van der Waals surface area contributed by atoms with E-state index in [1.807, 2.05) is 13.8 Å². The Bertz CT molecular complexity index is 945. The van der Waals surface area contributed by atoms with Crippen LogP contribution in [0.15, 0.2) is 24.3 Å². The van der Waals surface area contributed by atoms with E-state index < -0.39 is 17.3 Å². The Morgan fingerprint density at radius 3 is 2.39 bits per heavy atom. The van der Waals surface area contributed by atoms with Crippen molar-refractivity contribution in [3.63, 3.8) is 0 Å². The third-order valence-corrected chi connectivity index (χ3v) is 8.20. The number of fused-ring (bicyclic) bond motifs is 2. The zero-order valence-corrected chi connectivity index (χ0v) is 19.3. The largest absolute Gasteiger partial charge is 0.369 e. The summed E-state index contributed by atoms with van der Waals surface area (Å²) in [6.45, 7) is 8.63. The monoisotopic (exact) mass is 457 g/mol. The van der Waals surface area contributed by atoms with E-state index in [1.165, 1.54) is 12.1 Å². The predicted octanol–water partition coefficient (Wildman–Crippen LogP) is 2.51. The molecular weight excluding hydrogens is 425 g/mol. The minimum absolute atomic E-state index is 0.125. The van der Waals surface area contributed by atoms with Crippen LogP contribution < -0.4 is 4.90 Å². The first-order valence-electron chi connectivity index (χ1n) is 12.0. The molecule has 0 radical (unpaired) electrons. The van der Waals surface area contributed by atoms with Gasteiger partial charge in [-0.2, -0.15) is 5.06 Å². The normalized spacial score (nSPS) is 34.3. The van der Waals surface area contributed by atoms with Gasteiger partial charge in [0, 0.05) is 50.7 Å². The lowest BCUT2D eigenvalue weighted by molar-refractivity contribution is -0.190. The lowest BCUT2D eigenvalue weighted by Crippen LogP contribution is -2.56. The Labute approximate surface area is 193 Å². The van der Waals surface area contributed by atoms with E-state index in [0.717, 1.165) is 49.9 Å². The molecule has 0 N–H and O–H groups in total. The van der Waals surface area contributed by atoms with Gasteiger partial charge in [0.1, 0.15) is 11.6 Å². The number of hydroxylamine groups is 2. The van der Waals surface area contributed by atoms with E-state index in [-0.39, 0.29) is 35.3 Å². The highest BCUT2D eigenvalue weighted by Crippen LogP contribution is 2.60. The van der Waals surface area contributed by atoms with Gasteiger partial charge in [-0.3, -0.25) is 24.1 Å². The number of anilines is 1. The van der Waals surface area contributed by atoms with E-state index in [1.54, 1.807) is 12.1 Å². The van der Waals surface area contributed by atoms with Gasteiger partial charge in [0.05, 0.1) is 18.4 Å². The SMILES string of the molecule is CC1C[C@]2(C)CC(=O)[C@H]1C1C(=O)N(OCCCN3CCN(c4ccc(F)cc4)CC3)C(=O)C12. The topological polar surface area (TPSA) is 70.2 Å². The molecule has 3 aliphatic carbocycles. The first-order chi connectivity index (χ1) is 15.8. The molecule has 0 spiro atoms. The molecule has 2 bridgehead atoms. The molecule has 7 nitrogen and oxygen atoms in total. The quantitative estimate of drug-likeness (QED) is 0.483. The Morgan fingerprint density at radius 1 is 1.03 bits per heavy atom. The van der Waals surface area contributed by atoms with Gasteiger partial charge in [0.2, 0.25) is 0 Å². The summed E-state index contributed by atoms with van der Waals surface area (Å²) >= 11 is 0. The van der Waals surface area contributed by atoms with Gasteiger partial charge in [-0.1, -0.05) is 13.8 Å². The van der Waals surface area contributed by atoms with Crippen molar-refractivity contribution >= 4 is 23.3 Å². The molecule has 33 heavy (non-hydrogen) atoms. The maximum atomic E-state index is 13.1. The summed E-state index contributed by atoms with van der Waals surface area (Å²) in [6, 6.07) is 6.58. The molecule has 2 saturated heterocycles. The highest BCUT2D eigenvalue weighted by Gasteiger charge is 2.67. The fourth-order valence-electron chi connectivity index (χ4n) is 6.77. The van der Waals surface area contributed by atoms with Crippen molar-refractivity contribution in [3.05, 3.63) is 30.1 Å². The van der Waals surface area contributed by atoms with Crippen molar-refractivity contribution in [1.82, 2.24) is 9.96 Å². The van der Waals surface area contributed by atoms with Crippen LogP contribution in [0.4, 0.5) is 10.1 Å². The van der Waals surface area contributed by atoms with Crippen LogP contribution in [0.1, 0.15) is 33.1 Å². The number of carbonyl (C=O) groups is 3. The van der Waals surface area contributed by atoms with E-state index in [0.29, 0.717) is 19.4 Å². The number of amides is 2. The molecule has 2 aliphatic heterocycles. The van der Waals surface area contributed by atoms with Crippen molar-refractivity contribution < 1.29 is 23.6 Å².